The molecular formula is C20H16N4S. The minimum atomic E-state index is 0.637. The highest BCUT2D eigenvalue weighted by Gasteiger charge is 2.13. The van der Waals surface area contributed by atoms with E-state index in [2.05, 4.69) is 34.4 Å². The molecule has 0 radical (unpaired) electrons. The zero-order chi connectivity index (χ0) is 17.2. The van der Waals surface area contributed by atoms with Crippen LogP contribution in [-0.4, -0.2) is 23.6 Å². The number of thiophene rings is 1. The lowest BCUT2D eigenvalue weighted by Crippen LogP contribution is -2.22. The fourth-order valence-corrected chi connectivity index (χ4v) is 3.91. The van der Waals surface area contributed by atoms with Gasteiger partial charge in [-0.05, 0) is 35.7 Å². The quantitative estimate of drug-likeness (QED) is 0.551. The van der Waals surface area contributed by atoms with Crippen molar-refractivity contribution in [3.05, 3.63) is 65.3 Å². The molecule has 3 heterocycles. The van der Waals surface area contributed by atoms with Crippen LogP contribution in [0.1, 0.15) is 11.3 Å². The molecule has 0 saturated carbocycles. The summed E-state index contributed by atoms with van der Waals surface area (Å²) in [6.45, 7) is 0.832. The molecule has 25 heavy (non-hydrogen) atoms. The number of benzene rings is 1. The minimum absolute atomic E-state index is 0.637. The van der Waals surface area contributed by atoms with E-state index in [1.54, 1.807) is 11.3 Å². The number of fused-ring (bicyclic) bond motifs is 3. The Morgan fingerprint density at radius 1 is 1.16 bits per heavy atom. The summed E-state index contributed by atoms with van der Waals surface area (Å²) in [6, 6.07) is 16.0. The predicted octanol–water partition coefficient (Wildman–Crippen LogP) is 4.40. The van der Waals surface area contributed by atoms with Crippen LogP contribution >= 0.6 is 11.3 Å². The highest BCUT2D eigenvalue weighted by Crippen LogP contribution is 2.35. The number of nitriles is 1. The molecular weight excluding hydrogens is 328 g/mol. The Labute approximate surface area is 150 Å². The molecule has 1 aromatic carbocycles. The zero-order valence-corrected chi connectivity index (χ0v) is 14.6. The van der Waals surface area contributed by atoms with E-state index in [1.807, 2.05) is 42.6 Å². The summed E-state index contributed by atoms with van der Waals surface area (Å²) in [6.07, 6.45) is 2.69. The van der Waals surface area contributed by atoms with Gasteiger partial charge in [0.25, 0.3) is 0 Å². The van der Waals surface area contributed by atoms with Gasteiger partial charge in [0.15, 0.2) is 0 Å². The molecule has 0 spiro atoms. The fraction of sp³-hybridized carbons (Fsp3) is 0.150. The Morgan fingerprint density at radius 2 is 2.08 bits per heavy atom. The number of pyridine rings is 2. The Hall–Kier alpha value is -2.97. The maximum atomic E-state index is 9.17. The van der Waals surface area contributed by atoms with Gasteiger partial charge >= 0.3 is 0 Å². The van der Waals surface area contributed by atoms with Crippen LogP contribution in [0.2, 0.25) is 0 Å². The van der Waals surface area contributed by atoms with Crippen molar-refractivity contribution in [3.63, 3.8) is 0 Å². The largest absolute Gasteiger partial charge is 0.359 e. The molecule has 0 saturated heterocycles. The first kappa shape index (κ1) is 15.6. The Kier molecular flexibility index (Phi) is 4.04. The fourth-order valence-electron chi connectivity index (χ4n) is 2.98. The van der Waals surface area contributed by atoms with E-state index in [0.29, 0.717) is 5.56 Å². The summed E-state index contributed by atoms with van der Waals surface area (Å²) < 4.78 is 1.22. The minimum Gasteiger partial charge on any atom is -0.359 e. The summed E-state index contributed by atoms with van der Waals surface area (Å²) in [4.78, 5) is 11.4. The highest BCUT2D eigenvalue weighted by atomic mass is 32.1. The SMILES string of the molecule is CN(CCc1ccccn1)c1nc2cc(C#N)ccc2c2sccc12. The molecule has 3 aromatic heterocycles. The summed E-state index contributed by atoms with van der Waals surface area (Å²) in [5.41, 5.74) is 2.58. The number of nitrogens with zero attached hydrogens (tertiary/aromatic N) is 4. The van der Waals surface area contributed by atoms with Gasteiger partial charge in [0, 0.05) is 47.4 Å². The van der Waals surface area contributed by atoms with Crippen LogP contribution in [0.5, 0.6) is 0 Å². The zero-order valence-electron chi connectivity index (χ0n) is 13.8. The number of aromatic nitrogens is 2. The molecule has 0 aliphatic rings. The second kappa shape index (κ2) is 6.50. The smallest absolute Gasteiger partial charge is 0.137 e. The van der Waals surface area contributed by atoms with Gasteiger partial charge in [-0.1, -0.05) is 12.1 Å². The number of hydrogen-bond acceptors (Lipinski definition) is 5. The lowest BCUT2D eigenvalue weighted by atomic mass is 10.1. The second-order valence-corrected chi connectivity index (χ2v) is 6.85. The molecule has 4 aromatic rings. The Bertz CT molecular complexity index is 1080. The van der Waals surface area contributed by atoms with Crippen molar-refractivity contribution in [1.29, 1.82) is 5.26 Å². The van der Waals surface area contributed by atoms with Crippen molar-refractivity contribution in [3.8, 4) is 6.07 Å². The first-order valence-electron chi connectivity index (χ1n) is 8.08. The lowest BCUT2D eigenvalue weighted by Gasteiger charge is -2.20. The van der Waals surface area contributed by atoms with E-state index in [0.717, 1.165) is 40.8 Å². The van der Waals surface area contributed by atoms with Crippen molar-refractivity contribution in [2.75, 3.05) is 18.5 Å². The average Bonchev–Trinajstić information content (AvgIpc) is 3.15. The first-order valence-corrected chi connectivity index (χ1v) is 8.96. The number of hydrogen-bond donors (Lipinski definition) is 0. The number of rotatable bonds is 4. The van der Waals surface area contributed by atoms with Gasteiger partial charge in [-0.2, -0.15) is 5.26 Å². The topological polar surface area (TPSA) is 52.8 Å². The molecule has 0 N–H and O–H groups in total. The van der Waals surface area contributed by atoms with Crippen molar-refractivity contribution < 1.29 is 0 Å². The predicted molar refractivity (Wildman–Crippen MR) is 103 cm³/mol. The monoisotopic (exact) mass is 344 g/mol. The number of anilines is 1. The van der Waals surface area contributed by atoms with E-state index in [-0.39, 0.29) is 0 Å². The van der Waals surface area contributed by atoms with Gasteiger partial charge in [0.2, 0.25) is 0 Å². The van der Waals surface area contributed by atoms with Gasteiger partial charge < -0.3 is 4.90 Å². The van der Waals surface area contributed by atoms with Crippen LogP contribution in [0.15, 0.2) is 54.0 Å². The van der Waals surface area contributed by atoms with E-state index in [4.69, 9.17) is 10.2 Å². The van der Waals surface area contributed by atoms with Crippen LogP contribution in [0, 0.1) is 11.3 Å². The maximum Gasteiger partial charge on any atom is 0.137 e. The third-order valence-electron chi connectivity index (χ3n) is 4.30. The summed E-state index contributed by atoms with van der Waals surface area (Å²) in [5.74, 6) is 0.953. The van der Waals surface area contributed by atoms with Gasteiger partial charge in [-0.3, -0.25) is 4.98 Å². The van der Waals surface area contributed by atoms with Crippen molar-refractivity contribution in [2.24, 2.45) is 0 Å². The van der Waals surface area contributed by atoms with Gasteiger partial charge in [0.1, 0.15) is 5.82 Å². The van der Waals surface area contributed by atoms with Crippen molar-refractivity contribution >= 4 is 38.1 Å². The van der Waals surface area contributed by atoms with Crippen molar-refractivity contribution in [2.45, 2.75) is 6.42 Å². The van der Waals surface area contributed by atoms with E-state index < -0.39 is 0 Å². The molecule has 0 amide bonds. The van der Waals surface area contributed by atoms with Crippen molar-refractivity contribution in [1.82, 2.24) is 9.97 Å². The second-order valence-electron chi connectivity index (χ2n) is 5.94. The van der Waals surface area contributed by atoms with Gasteiger partial charge in [0.05, 0.1) is 17.1 Å². The van der Waals surface area contributed by atoms with Crippen LogP contribution in [-0.2, 0) is 6.42 Å². The summed E-state index contributed by atoms with van der Waals surface area (Å²) in [5, 5.41) is 13.5. The standard InChI is InChI=1S/C20H16N4S/c1-24(10-7-15-4-2-3-9-22-15)20-17-8-11-25-19(17)16-6-5-14(13-21)12-18(16)23-20/h2-6,8-9,11-12H,7,10H2,1H3. The molecule has 0 aliphatic heterocycles. The molecule has 0 unspecified atom stereocenters. The lowest BCUT2D eigenvalue weighted by molar-refractivity contribution is 0.845. The third-order valence-corrected chi connectivity index (χ3v) is 5.24. The molecule has 0 aliphatic carbocycles. The molecule has 0 bridgehead atoms. The van der Waals surface area contributed by atoms with E-state index in [9.17, 15) is 0 Å². The van der Waals surface area contributed by atoms with Gasteiger partial charge in [-0.15, -0.1) is 11.3 Å². The van der Waals surface area contributed by atoms with Crippen LogP contribution < -0.4 is 4.90 Å². The highest BCUT2D eigenvalue weighted by molar-refractivity contribution is 7.18. The Morgan fingerprint density at radius 3 is 2.88 bits per heavy atom. The Balaban J connectivity index is 1.74. The number of likely N-dealkylation sites (N-methyl/N-ethyl adjacent to an activating group) is 1. The van der Waals surface area contributed by atoms with Gasteiger partial charge in [-0.25, -0.2) is 4.98 Å². The normalized spacial score (nSPS) is 10.9. The molecule has 122 valence electrons. The first-order chi connectivity index (χ1) is 12.3. The molecule has 0 fully saturated rings. The summed E-state index contributed by atoms with van der Waals surface area (Å²) >= 11 is 1.71. The molecule has 0 atom stereocenters. The summed E-state index contributed by atoms with van der Waals surface area (Å²) in [7, 11) is 2.06. The van der Waals surface area contributed by atoms with Crippen LogP contribution in [0.4, 0.5) is 5.82 Å². The molecule has 5 heteroatoms. The molecule has 4 nitrogen and oxygen atoms in total. The average molecular weight is 344 g/mol. The third kappa shape index (κ3) is 2.92. The van der Waals surface area contributed by atoms with E-state index in [1.165, 1.54) is 4.70 Å². The molecule has 4 rings (SSSR count). The van der Waals surface area contributed by atoms with Crippen LogP contribution in [0.3, 0.4) is 0 Å². The maximum absolute atomic E-state index is 9.17. The van der Waals surface area contributed by atoms with E-state index >= 15 is 0 Å². The van der Waals surface area contributed by atoms with Crippen LogP contribution in [0.25, 0.3) is 21.0 Å².